The minimum atomic E-state index is 0. The van der Waals surface area contributed by atoms with E-state index in [2.05, 4.69) is 51.7 Å². The van der Waals surface area contributed by atoms with E-state index in [1.165, 1.54) is 11.1 Å². The van der Waals surface area contributed by atoms with Gasteiger partial charge in [0.2, 0.25) is 0 Å². The van der Waals surface area contributed by atoms with Crippen LogP contribution in [0.2, 0.25) is 0 Å². The molecule has 0 aliphatic carbocycles. The van der Waals surface area contributed by atoms with Crippen LogP contribution in [0, 0.1) is 0 Å². The van der Waals surface area contributed by atoms with Crippen LogP contribution in [0.15, 0.2) is 53.5 Å². The number of nitrogens with one attached hydrogen (secondary N) is 2. The predicted octanol–water partition coefficient (Wildman–Crippen LogP) is 3.28. The lowest BCUT2D eigenvalue weighted by atomic mass is 10.1. The molecule has 0 saturated carbocycles. The summed E-state index contributed by atoms with van der Waals surface area (Å²) < 4.78 is 16.5. The second-order valence-electron chi connectivity index (χ2n) is 7.61. The van der Waals surface area contributed by atoms with E-state index < -0.39 is 0 Å². The van der Waals surface area contributed by atoms with Crippen LogP contribution in [0.3, 0.4) is 0 Å². The molecule has 32 heavy (non-hydrogen) atoms. The molecule has 1 heterocycles. The molecule has 176 valence electrons. The number of ether oxygens (including phenoxy) is 3. The Bertz CT molecular complexity index is 832. The summed E-state index contributed by atoms with van der Waals surface area (Å²) in [5, 5.41) is 6.66. The zero-order chi connectivity index (χ0) is 21.9. The molecule has 2 N–H and O–H groups in total. The highest BCUT2D eigenvalue weighted by molar-refractivity contribution is 14.0. The molecule has 1 atom stereocenters. The van der Waals surface area contributed by atoms with Crippen molar-refractivity contribution in [1.29, 1.82) is 0 Å². The van der Waals surface area contributed by atoms with E-state index in [1.54, 1.807) is 14.2 Å². The second kappa shape index (κ2) is 14.2. The standard InChI is InChI=1S/C24H34N4O3.HI/c1-19-17-28(12-14-30-19)18-21-6-4-5-20(15-21)16-27-24(25-2)26-11-13-31-23-9-7-22(29-3)8-10-23;/h4-10,15,19H,11-14,16-18H2,1-3H3,(H2,25,26,27);1H. The average Bonchev–Trinajstić information content (AvgIpc) is 2.79. The van der Waals surface area contributed by atoms with Crippen LogP contribution in [0.4, 0.5) is 0 Å². The van der Waals surface area contributed by atoms with Crippen molar-refractivity contribution in [3.05, 3.63) is 59.7 Å². The summed E-state index contributed by atoms with van der Waals surface area (Å²) >= 11 is 0. The summed E-state index contributed by atoms with van der Waals surface area (Å²) in [6, 6.07) is 16.3. The average molecular weight is 554 g/mol. The summed E-state index contributed by atoms with van der Waals surface area (Å²) in [6.07, 6.45) is 0.307. The third kappa shape index (κ3) is 8.84. The summed E-state index contributed by atoms with van der Waals surface area (Å²) in [5.41, 5.74) is 2.56. The maximum atomic E-state index is 5.74. The Kier molecular flexibility index (Phi) is 11.6. The molecule has 0 aromatic heterocycles. The van der Waals surface area contributed by atoms with E-state index in [1.807, 2.05) is 24.3 Å². The van der Waals surface area contributed by atoms with Crippen LogP contribution < -0.4 is 20.1 Å². The molecule has 3 rings (SSSR count). The zero-order valence-electron chi connectivity index (χ0n) is 19.2. The maximum Gasteiger partial charge on any atom is 0.191 e. The number of rotatable bonds is 9. The smallest absolute Gasteiger partial charge is 0.191 e. The van der Waals surface area contributed by atoms with Gasteiger partial charge in [0, 0.05) is 33.2 Å². The molecular formula is C24H35IN4O3. The number of nitrogens with zero attached hydrogens (tertiary/aromatic N) is 2. The molecule has 1 aliphatic rings. The summed E-state index contributed by atoms with van der Waals surface area (Å²) in [6.45, 7) is 7.78. The molecule has 0 amide bonds. The van der Waals surface area contributed by atoms with Crippen molar-refractivity contribution in [1.82, 2.24) is 15.5 Å². The van der Waals surface area contributed by atoms with Crippen molar-refractivity contribution >= 4 is 29.9 Å². The Morgan fingerprint density at radius 1 is 1.12 bits per heavy atom. The molecule has 8 heteroatoms. The van der Waals surface area contributed by atoms with Gasteiger partial charge in [-0.3, -0.25) is 9.89 Å². The topological polar surface area (TPSA) is 67.4 Å². The Morgan fingerprint density at radius 2 is 1.88 bits per heavy atom. The normalized spacial score (nSPS) is 16.7. The van der Waals surface area contributed by atoms with Crippen LogP contribution in [0.1, 0.15) is 18.1 Å². The third-order valence-corrected chi connectivity index (χ3v) is 5.13. The SMILES string of the molecule is CN=C(NCCOc1ccc(OC)cc1)NCc1cccc(CN2CCOC(C)C2)c1.I. The fourth-order valence-electron chi connectivity index (χ4n) is 3.55. The lowest BCUT2D eigenvalue weighted by Gasteiger charge is -2.31. The van der Waals surface area contributed by atoms with E-state index in [0.717, 1.165) is 43.7 Å². The highest BCUT2D eigenvalue weighted by Gasteiger charge is 2.16. The van der Waals surface area contributed by atoms with Gasteiger partial charge >= 0.3 is 0 Å². The van der Waals surface area contributed by atoms with Gasteiger partial charge in [-0.25, -0.2) is 0 Å². The van der Waals surface area contributed by atoms with E-state index in [0.29, 0.717) is 25.8 Å². The van der Waals surface area contributed by atoms with Crippen molar-refractivity contribution in [2.75, 3.05) is 47.0 Å². The number of morpholine rings is 1. The van der Waals surface area contributed by atoms with Gasteiger partial charge in [0.1, 0.15) is 18.1 Å². The number of hydrogen-bond acceptors (Lipinski definition) is 5. The third-order valence-electron chi connectivity index (χ3n) is 5.13. The van der Waals surface area contributed by atoms with Crippen LogP contribution in [-0.4, -0.2) is 64.0 Å². The molecular weight excluding hydrogens is 519 g/mol. The van der Waals surface area contributed by atoms with Gasteiger partial charge in [0.25, 0.3) is 0 Å². The molecule has 0 spiro atoms. The minimum Gasteiger partial charge on any atom is -0.497 e. The first-order chi connectivity index (χ1) is 15.2. The van der Waals surface area contributed by atoms with E-state index in [4.69, 9.17) is 14.2 Å². The Hall–Kier alpha value is -2.04. The summed E-state index contributed by atoms with van der Waals surface area (Å²) in [5.74, 6) is 2.39. The first-order valence-electron chi connectivity index (χ1n) is 10.8. The van der Waals surface area contributed by atoms with E-state index in [9.17, 15) is 0 Å². The number of aliphatic imine (C=N–C) groups is 1. The minimum absolute atomic E-state index is 0. The fraction of sp³-hybridized carbons (Fsp3) is 0.458. The Morgan fingerprint density at radius 3 is 2.59 bits per heavy atom. The molecule has 2 aromatic rings. The Balaban J connectivity index is 0.00000363. The van der Waals surface area contributed by atoms with Gasteiger partial charge in [0.05, 0.1) is 26.4 Å². The lowest BCUT2D eigenvalue weighted by Crippen LogP contribution is -2.40. The zero-order valence-corrected chi connectivity index (χ0v) is 21.5. The van der Waals surface area contributed by atoms with Crippen LogP contribution in [-0.2, 0) is 17.8 Å². The molecule has 1 aliphatic heterocycles. The van der Waals surface area contributed by atoms with Crippen molar-refractivity contribution in [3.8, 4) is 11.5 Å². The van der Waals surface area contributed by atoms with E-state index in [-0.39, 0.29) is 24.0 Å². The quantitative estimate of drug-likeness (QED) is 0.215. The highest BCUT2D eigenvalue weighted by atomic mass is 127. The van der Waals surface area contributed by atoms with Gasteiger partial charge < -0.3 is 24.8 Å². The molecule has 0 radical (unpaired) electrons. The molecule has 1 fully saturated rings. The molecule has 0 bridgehead atoms. The monoisotopic (exact) mass is 554 g/mol. The van der Waals surface area contributed by atoms with Crippen molar-refractivity contribution in [2.24, 2.45) is 4.99 Å². The number of halogens is 1. The number of guanidine groups is 1. The number of hydrogen-bond donors (Lipinski definition) is 2. The van der Waals surface area contributed by atoms with Crippen molar-refractivity contribution in [3.63, 3.8) is 0 Å². The molecule has 2 aromatic carbocycles. The molecule has 7 nitrogen and oxygen atoms in total. The Labute approximate surface area is 208 Å². The summed E-state index contributed by atoms with van der Waals surface area (Å²) in [4.78, 5) is 6.74. The number of methoxy groups -OCH3 is 1. The van der Waals surface area contributed by atoms with Gasteiger partial charge in [-0.1, -0.05) is 24.3 Å². The number of benzene rings is 2. The summed E-state index contributed by atoms with van der Waals surface area (Å²) in [7, 11) is 3.43. The largest absolute Gasteiger partial charge is 0.497 e. The van der Waals surface area contributed by atoms with Crippen molar-refractivity contribution in [2.45, 2.75) is 26.1 Å². The fourth-order valence-corrected chi connectivity index (χ4v) is 3.55. The van der Waals surface area contributed by atoms with Crippen molar-refractivity contribution < 1.29 is 14.2 Å². The maximum absolute atomic E-state index is 5.74. The van der Waals surface area contributed by atoms with E-state index >= 15 is 0 Å². The van der Waals surface area contributed by atoms with Gasteiger partial charge in [-0.05, 0) is 42.3 Å². The molecule has 1 saturated heterocycles. The van der Waals surface area contributed by atoms with Gasteiger partial charge in [0.15, 0.2) is 5.96 Å². The van der Waals surface area contributed by atoms with Crippen LogP contribution in [0.25, 0.3) is 0 Å². The first-order valence-corrected chi connectivity index (χ1v) is 10.8. The van der Waals surface area contributed by atoms with Crippen LogP contribution in [0.5, 0.6) is 11.5 Å². The highest BCUT2D eigenvalue weighted by Crippen LogP contribution is 2.16. The lowest BCUT2D eigenvalue weighted by molar-refractivity contribution is -0.0212. The second-order valence-corrected chi connectivity index (χ2v) is 7.61. The van der Waals surface area contributed by atoms with Crippen LogP contribution >= 0.6 is 24.0 Å². The molecule has 1 unspecified atom stereocenters. The predicted molar refractivity (Wildman–Crippen MR) is 139 cm³/mol. The van der Waals surface area contributed by atoms with Gasteiger partial charge in [-0.15, -0.1) is 24.0 Å². The van der Waals surface area contributed by atoms with Gasteiger partial charge in [-0.2, -0.15) is 0 Å². The first kappa shape index (κ1) is 26.2.